The molecule has 134 valence electrons. The van der Waals surface area contributed by atoms with Crippen LogP contribution in [0.1, 0.15) is 42.4 Å². The number of aliphatic hydroxyl groups is 1. The first-order valence-corrected chi connectivity index (χ1v) is 8.84. The van der Waals surface area contributed by atoms with E-state index in [-0.39, 0.29) is 24.1 Å². The Morgan fingerprint density at radius 3 is 2.64 bits per heavy atom. The van der Waals surface area contributed by atoms with Gasteiger partial charge in [-0.15, -0.1) is 0 Å². The Hall–Kier alpha value is -2.32. The fourth-order valence-corrected chi connectivity index (χ4v) is 3.51. The van der Waals surface area contributed by atoms with Crippen LogP contribution in [-0.2, 0) is 4.79 Å². The minimum atomic E-state index is -0.383. The lowest BCUT2D eigenvalue weighted by molar-refractivity contribution is -0.112. The van der Waals surface area contributed by atoms with Gasteiger partial charge in [0.1, 0.15) is 11.6 Å². The minimum Gasteiger partial charge on any atom is -0.396 e. The number of nitriles is 1. The molecule has 1 unspecified atom stereocenters. The highest BCUT2D eigenvalue weighted by atomic mass is 16.3. The number of amides is 1. The van der Waals surface area contributed by atoms with Crippen molar-refractivity contribution < 1.29 is 9.90 Å². The van der Waals surface area contributed by atoms with E-state index in [9.17, 15) is 15.2 Å². The molecule has 2 N–H and O–H groups in total. The maximum Gasteiger partial charge on any atom is 0.267 e. The van der Waals surface area contributed by atoms with Crippen molar-refractivity contribution in [3.05, 3.63) is 40.6 Å². The first-order valence-electron chi connectivity index (χ1n) is 8.84. The van der Waals surface area contributed by atoms with Crippen LogP contribution in [0.15, 0.2) is 23.9 Å². The molecule has 0 spiro atoms. The smallest absolute Gasteiger partial charge is 0.267 e. The van der Waals surface area contributed by atoms with Crippen molar-refractivity contribution in [2.45, 2.75) is 52.5 Å². The molecule has 1 aliphatic heterocycles. The third kappa shape index (κ3) is 4.83. The predicted molar refractivity (Wildman–Crippen MR) is 99.0 cm³/mol. The standard InChI is InChI=1S/C20H27N3O2/c1-14-10-15(2)19(16(3)11-14)22-20(25)17(12-21)13-23-8-5-4-6-18(23)7-9-24/h10-11,13,18,24H,4-9H2,1-3H3,(H,22,25)/b17-13-. The average molecular weight is 341 g/mol. The van der Waals surface area contributed by atoms with Crippen LogP contribution in [-0.4, -0.2) is 35.1 Å². The fraction of sp³-hybridized carbons (Fsp3) is 0.500. The van der Waals surface area contributed by atoms with Gasteiger partial charge in [-0.05, 0) is 57.6 Å². The lowest BCUT2D eigenvalue weighted by Gasteiger charge is -2.34. The van der Waals surface area contributed by atoms with Gasteiger partial charge in [-0.3, -0.25) is 4.79 Å². The highest BCUT2D eigenvalue weighted by Gasteiger charge is 2.22. The Labute approximate surface area is 150 Å². The predicted octanol–water partition coefficient (Wildman–Crippen LogP) is 3.19. The second kappa shape index (κ2) is 8.68. The number of aryl methyl sites for hydroxylation is 3. The van der Waals surface area contributed by atoms with E-state index in [4.69, 9.17) is 0 Å². The van der Waals surface area contributed by atoms with E-state index in [1.165, 1.54) is 0 Å². The van der Waals surface area contributed by atoms with Crippen LogP contribution in [0, 0.1) is 32.1 Å². The number of carbonyl (C=O) groups is 1. The Morgan fingerprint density at radius 1 is 1.36 bits per heavy atom. The van der Waals surface area contributed by atoms with Crippen molar-refractivity contribution in [2.24, 2.45) is 0 Å². The summed E-state index contributed by atoms with van der Waals surface area (Å²) in [7, 11) is 0. The molecule has 2 rings (SSSR count). The first-order chi connectivity index (χ1) is 12.0. The van der Waals surface area contributed by atoms with E-state index in [1.807, 2.05) is 43.9 Å². The van der Waals surface area contributed by atoms with Crippen molar-refractivity contribution in [1.82, 2.24) is 4.90 Å². The molecule has 1 atom stereocenters. The monoisotopic (exact) mass is 341 g/mol. The molecule has 25 heavy (non-hydrogen) atoms. The summed E-state index contributed by atoms with van der Waals surface area (Å²) in [6.45, 7) is 6.85. The van der Waals surface area contributed by atoms with Crippen molar-refractivity contribution in [1.29, 1.82) is 5.26 Å². The highest BCUT2D eigenvalue weighted by molar-refractivity contribution is 6.07. The molecule has 0 aromatic heterocycles. The van der Waals surface area contributed by atoms with Crippen LogP contribution in [0.4, 0.5) is 5.69 Å². The molecule has 1 aromatic rings. The van der Waals surface area contributed by atoms with E-state index in [2.05, 4.69) is 5.32 Å². The molecule has 0 saturated carbocycles. The molecule has 1 saturated heterocycles. The van der Waals surface area contributed by atoms with Gasteiger partial charge in [0, 0.05) is 31.1 Å². The Morgan fingerprint density at radius 2 is 2.04 bits per heavy atom. The van der Waals surface area contributed by atoms with Gasteiger partial charge in [0.25, 0.3) is 5.91 Å². The molecule has 1 aliphatic rings. The number of carbonyl (C=O) groups excluding carboxylic acids is 1. The molecule has 5 nitrogen and oxygen atoms in total. The van der Waals surface area contributed by atoms with Gasteiger partial charge in [-0.1, -0.05) is 17.7 Å². The fourth-order valence-electron chi connectivity index (χ4n) is 3.51. The van der Waals surface area contributed by atoms with Gasteiger partial charge in [0.15, 0.2) is 0 Å². The number of benzene rings is 1. The SMILES string of the molecule is Cc1cc(C)c(NC(=O)/C(C#N)=C\N2CCCCC2CCO)c(C)c1. The van der Waals surface area contributed by atoms with Crippen molar-refractivity contribution in [3.63, 3.8) is 0 Å². The van der Waals surface area contributed by atoms with Crippen LogP contribution in [0.2, 0.25) is 0 Å². The van der Waals surface area contributed by atoms with Crippen molar-refractivity contribution in [2.75, 3.05) is 18.5 Å². The zero-order valence-electron chi connectivity index (χ0n) is 15.3. The van der Waals surface area contributed by atoms with E-state index in [1.54, 1.807) is 6.20 Å². The summed E-state index contributed by atoms with van der Waals surface area (Å²) in [5.74, 6) is -0.383. The number of hydrogen-bond donors (Lipinski definition) is 2. The van der Waals surface area contributed by atoms with Gasteiger partial charge in [-0.2, -0.15) is 5.26 Å². The van der Waals surface area contributed by atoms with Crippen LogP contribution >= 0.6 is 0 Å². The van der Waals surface area contributed by atoms with Gasteiger partial charge in [-0.25, -0.2) is 0 Å². The Bertz CT molecular complexity index is 678. The van der Waals surface area contributed by atoms with Crippen LogP contribution in [0.3, 0.4) is 0 Å². The number of likely N-dealkylation sites (tertiary alicyclic amines) is 1. The zero-order chi connectivity index (χ0) is 18.4. The lowest BCUT2D eigenvalue weighted by Crippen LogP contribution is -2.37. The average Bonchev–Trinajstić information content (AvgIpc) is 2.57. The quantitative estimate of drug-likeness (QED) is 0.637. The number of aliphatic hydroxyl groups excluding tert-OH is 1. The number of nitrogens with one attached hydrogen (secondary N) is 1. The summed E-state index contributed by atoms with van der Waals surface area (Å²) in [5.41, 5.74) is 3.98. The number of rotatable bonds is 5. The summed E-state index contributed by atoms with van der Waals surface area (Å²) in [6, 6.07) is 6.25. The number of anilines is 1. The van der Waals surface area contributed by atoms with Crippen LogP contribution in [0.5, 0.6) is 0 Å². The van der Waals surface area contributed by atoms with Gasteiger partial charge in [0.2, 0.25) is 0 Å². The zero-order valence-corrected chi connectivity index (χ0v) is 15.3. The maximum atomic E-state index is 12.6. The lowest BCUT2D eigenvalue weighted by atomic mass is 10.00. The molecule has 1 amide bonds. The van der Waals surface area contributed by atoms with Crippen molar-refractivity contribution in [3.8, 4) is 6.07 Å². The molecule has 0 radical (unpaired) electrons. The molecule has 0 bridgehead atoms. The molecule has 1 heterocycles. The molecule has 1 fully saturated rings. The topological polar surface area (TPSA) is 76.4 Å². The normalized spacial score (nSPS) is 18.0. The molecule has 5 heteroatoms. The third-order valence-corrected chi connectivity index (χ3v) is 4.71. The number of nitrogens with zero attached hydrogens (tertiary/aromatic N) is 2. The minimum absolute atomic E-state index is 0.101. The molecule has 1 aromatic carbocycles. The Balaban J connectivity index is 2.19. The van der Waals surface area contributed by atoms with E-state index in [0.29, 0.717) is 6.42 Å². The summed E-state index contributed by atoms with van der Waals surface area (Å²) in [4.78, 5) is 14.6. The number of piperidine rings is 1. The van der Waals surface area contributed by atoms with Crippen LogP contribution in [0.25, 0.3) is 0 Å². The summed E-state index contributed by atoms with van der Waals surface area (Å²) < 4.78 is 0. The second-order valence-corrected chi connectivity index (χ2v) is 6.78. The second-order valence-electron chi connectivity index (χ2n) is 6.78. The van der Waals surface area contributed by atoms with Gasteiger partial charge in [0.05, 0.1) is 0 Å². The Kier molecular flexibility index (Phi) is 6.60. The summed E-state index contributed by atoms with van der Waals surface area (Å²) >= 11 is 0. The summed E-state index contributed by atoms with van der Waals surface area (Å²) in [6.07, 6.45) is 5.45. The molecular weight excluding hydrogens is 314 g/mol. The summed E-state index contributed by atoms with van der Waals surface area (Å²) in [5, 5.41) is 21.6. The van der Waals surface area contributed by atoms with Crippen LogP contribution < -0.4 is 5.32 Å². The van der Waals surface area contributed by atoms with Crippen molar-refractivity contribution >= 4 is 11.6 Å². The van der Waals surface area contributed by atoms with Gasteiger partial charge >= 0.3 is 0 Å². The maximum absolute atomic E-state index is 12.6. The largest absolute Gasteiger partial charge is 0.396 e. The van der Waals surface area contributed by atoms with E-state index in [0.717, 1.165) is 48.2 Å². The molecular formula is C20H27N3O2. The highest BCUT2D eigenvalue weighted by Crippen LogP contribution is 2.24. The third-order valence-electron chi connectivity index (χ3n) is 4.71. The number of hydrogen-bond acceptors (Lipinski definition) is 4. The van der Waals surface area contributed by atoms with E-state index >= 15 is 0 Å². The van der Waals surface area contributed by atoms with Gasteiger partial charge < -0.3 is 15.3 Å². The molecule has 0 aliphatic carbocycles. The van der Waals surface area contributed by atoms with E-state index < -0.39 is 0 Å². The first kappa shape index (κ1) is 19.0.